The van der Waals surface area contributed by atoms with Crippen LogP contribution in [0.3, 0.4) is 0 Å². The predicted octanol–water partition coefficient (Wildman–Crippen LogP) is 2.73. The van der Waals surface area contributed by atoms with Crippen LogP contribution in [-0.4, -0.2) is 26.9 Å². The van der Waals surface area contributed by atoms with Crippen molar-refractivity contribution in [2.75, 3.05) is 6.26 Å². The molecule has 6 heteroatoms. The summed E-state index contributed by atoms with van der Waals surface area (Å²) in [4.78, 5) is 0. The standard InChI is InChI=1S/C12H15BrO4S/c1-18(14,15)17-12-4-2-3-11(12)16-10-7-5-9(13)6-8-10/h5-8,11-12H,2-4H2,1H3. The van der Waals surface area contributed by atoms with Crippen LogP contribution in [0.1, 0.15) is 19.3 Å². The molecule has 2 unspecified atom stereocenters. The monoisotopic (exact) mass is 334 g/mol. The highest BCUT2D eigenvalue weighted by Crippen LogP contribution is 2.28. The van der Waals surface area contributed by atoms with Crippen molar-refractivity contribution < 1.29 is 17.3 Å². The van der Waals surface area contributed by atoms with Crippen LogP contribution in [0.2, 0.25) is 0 Å². The Kier molecular flexibility index (Phi) is 4.29. The molecule has 0 radical (unpaired) electrons. The highest BCUT2D eigenvalue weighted by molar-refractivity contribution is 9.10. The average Bonchev–Trinajstić information content (AvgIpc) is 2.67. The quantitative estimate of drug-likeness (QED) is 0.794. The second kappa shape index (κ2) is 5.59. The first-order chi connectivity index (χ1) is 8.44. The second-order valence-electron chi connectivity index (χ2n) is 4.38. The summed E-state index contributed by atoms with van der Waals surface area (Å²) in [5.41, 5.74) is 0. The third-order valence-corrected chi connectivity index (χ3v) is 3.92. The molecule has 0 heterocycles. The van der Waals surface area contributed by atoms with E-state index in [4.69, 9.17) is 8.92 Å². The summed E-state index contributed by atoms with van der Waals surface area (Å²) in [7, 11) is -3.43. The molecule has 1 aliphatic rings. The van der Waals surface area contributed by atoms with Crippen molar-refractivity contribution in [2.45, 2.75) is 31.5 Å². The molecule has 0 N–H and O–H groups in total. The molecule has 2 rings (SSSR count). The average molecular weight is 335 g/mol. The number of ether oxygens (including phenoxy) is 1. The highest BCUT2D eigenvalue weighted by atomic mass is 79.9. The summed E-state index contributed by atoms with van der Waals surface area (Å²) in [6.45, 7) is 0. The van der Waals surface area contributed by atoms with E-state index in [2.05, 4.69) is 15.9 Å². The fourth-order valence-electron chi connectivity index (χ4n) is 2.05. The molecule has 0 aliphatic heterocycles. The largest absolute Gasteiger partial charge is 0.488 e. The van der Waals surface area contributed by atoms with E-state index in [0.29, 0.717) is 6.42 Å². The maximum absolute atomic E-state index is 11.1. The van der Waals surface area contributed by atoms with Crippen LogP contribution in [0.4, 0.5) is 0 Å². The van der Waals surface area contributed by atoms with Crippen LogP contribution < -0.4 is 4.74 Å². The van der Waals surface area contributed by atoms with E-state index in [0.717, 1.165) is 29.3 Å². The maximum atomic E-state index is 11.1. The first-order valence-corrected chi connectivity index (χ1v) is 8.35. The van der Waals surface area contributed by atoms with Gasteiger partial charge in [-0.15, -0.1) is 0 Å². The smallest absolute Gasteiger partial charge is 0.264 e. The minimum atomic E-state index is -3.43. The van der Waals surface area contributed by atoms with E-state index in [-0.39, 0.29) is 12.2 Å². The Hall–Kier alpha value is -0.590. The van der Waals surface area contributed by atoms with Crippen LogP contribution in [-0.2, 0) is 14.3 Å². The number of rotatable bonds is 4. The van der Waals surface area contributed by atoms with Gasteiger partial charge in [-0.2, -0.15) is 8.42 Å². The van der Waals surface area contributed by atoms with E-state index in [1.807, 2.05) is 24.3 Å². The van der Waals surface area contributed by atoms with Gasteiger partial charge in [-0.1, -0.05) is 15.9 Å². The lowest BCUT2D eigenvalue weighted by atomic mass is 10.2. The molecule has 0 spiro atoms. The summed E-state index contributed by atoms with van der Waals surface area (Å²) in [6, 6.07) is 7.47. The fraction of sp³-hybridized carbons (Fsp3) is 0.500. The summed E-state index contributed by atoms with van der Waals surface area (Å²) >= 11 is 3.35. The van der Waals surface area contributed by atoms with Gasteiger partial charge in [-0.05, 0) is 43.5 Å². The van der Waals surface area contributed by atoms with Crippen LogP contribution >= 0.6 is 15.9 Å². The zero-order valence-corrected chi connectivity index (χ0v) is 12.4. The Bertz CT molecular complexity index is 497. The number of hydrogen-bond acceptors (Lipinski definition) is 4. The summed E-state index contributed by atoms with van der Waals surface area (Å²) in [5.74, 6) is 0.729. The lowest BCUT2D eigenvalue weighted by molar-refractivity contribution is 0.0832. The second-order valence-corrected chi connectivity index (χ2v) is 6.90. The first kappa shape index (κ1) is 13.8. The van der Waals surface area contributed by atoms with Crippen molar-refractivity contribution in [3.8, 4) is 5.75 Å². The van der Waals surface area contributed by atoms with Gasteiger partial charge in [0.05, 0.1) is 6.26 Å². The number of halogens is 1. The van der Waals surface area contributed by atoms with Gasteiger partial charge in [0, 0.05) is 4.47 Å². The zero-order valence-electron chi connectivity index (χ0n) is 10.0. The Morgan fingerprint density at radius 3 is 2.39 bits per heavy atom. The van der Waals surface area contributed by atoms with E-state index in [1.54, 1.807) is 0 Å². The molecule has 0 amide bonds. The number of benzene rings is 1. The van der Waals surface area contributed by atoms with Crippen molar-refractivity contribution in [2.24, 2.45) is 0 Å². The highest BCUT2D eigenvalue weighted by Gasteiger charge is 2.32. The van der Waals surface area contributed by atoms with Crippen molar-refractivity contribution in [3.63, 3.8) is 0 Å². The molecule has 1 aromatic carbocycles. The molecule has 4 nitrogen and oxygen atoms in total. The van der Waals surface area contributed by atoms with Gasteiger partial charge in [-0.3, -0.25) is 4.18 Å². The van der Waals surface area contributed by atoms with E-state index in [1.165, 1.54) is 0 Å². The molecule has 1 fully saturated rings. The Labute approximate surface area is 116 Å². The third kappa shape index (κ3) is 3.96. The molecule has 100 valence electrons. The molecule has 0 saturated heterocycles. The van der Waals surface area contributed by atoms with E-state index >= 15 is 0 Å². The molecule has 0 bridgehead atoms. The topological polar surface area (TPSA) is 52.6 Å². The third-order valence-electron chi connectivity index (χ3n) is 2.79. The summed E-state index contributed by atoms with van der Waals surface area (Å²) in [5, 5.41) is 0. The van der Waals surface area contributed by atoms with Crippen LogP contribution in [0.5, 0.6) is 5.75 Å². The van der Waals surface area contributed by atoms with E-state index < -0.39 is 10.1 Å². The Balaban J connectivity index is 2.01. The van der Waals surface area contributed by atoms with Gasteiger partial charge >= 0.3 is 0 Å². The van der Waals surface area contributed by atoms with Gasteiger partial charge < -0.3 is 4.74 Å². The minimum absolute atomic E-state index is 0.194. The van der Waals surface area contributed by atoms with Gasteiger partial charge in [0.25, 0.3) is 10.1 Å². The molecule has 1 aromatic rings. The first-order valence-electron chi connectivity index (χ1n) is 5.74. The van der Waals surface area contributed by atoms with Crippen LogP contribution in [0.15, 0.2) is 28.7 Å². The molecule has 1 aliphatic carbocycles. The van der Waals surface area contributed by atoms with Crippen LogP contribution in [0.25, 0.3) is 0 Å². The summed E-state index contributed by atoms with van der Waals surface area (Å²) < 4.78 is 34.1. The van der Waals surface area contributed by atoms with Gasteiger partial charge in [0.2, 0.25) is 0 Å². The SMILES string of the molecule is CS(=O)(=O)OC1CCCC1Oc1ccc(Br)cc1. The Morgan fingerprint density at radius 2 is 1.78 bits per heavy atom. The minimum Gasteiger partial charge on any atom is -0.488 e. The van der Waals surface area contributed by atoms with Gasteiger partial charge in [0.15, 0.2) is 0 Å². The normalized spacial score (nSPS) is 24.1. The molecular weight excluding hydrogens is 320 g/mol. The molecule has 0 aromatic heterocycles. The van der Waals surface area contributed by atoms with Crippen molar-refractivity contribution in [1.82, 2.24) is 0 Å². The van der Waals surface area contributed by atoms with E-state index in [9.17, 15) is 8.42 Å². The Morgan fingerprint density at radius 1 is 1.17 bits per heavy atom. The van der Waals surface area contributed by atoms with Crippen molar-refractivity contribution >= 4 is 26.0 Å². The lowest BCUT2D eigenvalue weighted by Crippen LogP contribution is -2.30. The van der Waals surface area contributed by atoms with Crippen LogP contribution in [0, 0.1) is 0 Å². The molecule has 18 heavy (non-hydrogen) atoms. The van der Waals surface area contributed by atoms with Gasteiger partial charge in [-0.25, -0.2) is 0 Å². The molecule has 1 saturated carbocycles. The van der Waals surface area contributed by atoms with Gasteiger partial charge in [0.1, 0.15) is 18.0 Å². The maximum Gasteiger partial charge on any atom is 0.264 e. The van der Waals surface area contributed by atoms with Crippen molar-refractivity contribution in [1.29, 1.82) is 0 Å². The lowest BCUT2D eigenvalue weighted by Gasteiger charge is -2.20. The van der Waals surface area contributed by atoms with Crippen molar-refractivity contribution in [3.05, 3.63) is 28.7 Å². The zero-order chi connectivity index (χ0) is 13.2. The fourth-order valence-corrected chi connectivity index (χ4v) is 2.98. The predicted molar refractivity (Wildman–Crippen MR) is 72.1 cm³/mol. The summed E-state index contributed by atoms with van der Waals surface area (Å²) in [6.07, 6.45) is 2.96. The molecular formula is C12H15BrO4S. The molecule has 2 atom stereocenters. The number of hydrogen-bond donors (Lipinski definition) is 0.